The van der Waals surface area contributed by atoms with Gasteiger partial charge in [0.1, 0.15) is 0 Å². The van der Waals surface area contributed by atoms with Gasteiger partial charge in [0.25, 0.3) is 0 Å². The third-order valence-electron chi connectivity index (χ3n) is 2.31. The Balaban J connectivity index is 0.000000686. The molecule has 0 aliphatic rings. The molecule has 1 aromatic carbocycles. The Morgan fingerprint density at radius 3 is 2.24 bits per heavy atom. The van der Waals surface area contributed by atoms with E-state index in [0.717, 1.165) is 6.07 Å². The molecule has 0 bridgehead atoms. The molecular formula is C13H14F3N. The van der Waals surface area contributed by atoms with Crippen molar-refractivity contribution >= 4 is 10.8 Å². The second-order valence-corrected chi connectivity index (χ2v) is 3.29. The van der Waals surface area contributed by atoms with Crippen molar-refractivity contribution in [1.29, 1.82) is 0 Å². The Bertz CT molecular complexity index is 503. The number of aryl methyl sites for hydroxylation is 1. The van der Waals surface area contributed by atoms with Crippen LogP contribution in [0.5, 0.6) is 0 Å². The number of halogens is 3. The Kier molecular flexibility index (Phi) is 4.10. The molecular weight excluding hydrogens is 227 g/mol. The van der Waals surface area contributed by atoms with Gasteiger partial charge in [0.15, 0.2) is 0 Å². The van der Waals surface area contributed by atoms with E-state index >= 15 is 0 Å². The smallest absolute Gasteiger partial charge is 0.261 e. The SMILES string of the molecule is CC.Cc1nccc2c(C(F)(F)F)cccc12. The van der Waals surface area contributed by atoms with Crippen LogP contribution in [-0.2, 0) is 6.18 Å². The number of nitrogens with zero attached hydrogens (tertiary/aromatic N) is 1. The van der Waals surface area contributed by atoms with Crippen molar-refractivity contribution in [3.8, 4) is 0 Å². The predicted molar refractivity (Wildman–Crippen MR) is 62.8 cm³/mol. The van der Waals surface area contributed by atoms with E-state index in [1.165, 1.54) is 18.3 Å². The van der Waals surface area contributed by atoms with Crippen LogP contribution >= 0.6 is 0 Å². The number of rotatable bonds is 0. The summed E-state index contributed by atoms with van der Waals surface area (Å²) in [4.78, 5) is 3.96. The van der Waals surface area contributed by atoms with Gasteiger partial charge in [-0.3, -0.25) is 4.98 Å². The molecule has 0 aliphatic carbocycles. The van der Waals surface area contributed by atoms with Crippen molar-refractivity contribution in [2.75, 3.05) is 0 Å². The van der Waals surface area contributed by atoms with Crippen molar-refractivity contribution in [1.82, 2.24) is 4.98 Å². The maximum absolute atomic E-state index is 12.6. The highest BCUT2D eigenvalue weighted by molar-refractivity contribution is 5.87. The van der Waals surface area contributed by atoms with Gasteiger partial charge in [-0.2, -0.15) is 13.2 Å². The van der Waals surface area contributed by atoms with Gasteiger partial charge in [0.2, 0.25) is 0 Å². The van der Waals surface area contributed by atoms with Crippen molar-refractivity contribution in [3.63, 3.8) is 0 Å². The fourth-order valence-electron chi connectivity index (χ4n) is 1.60. The van der Waals surface area contributed by atoms with E-state index in [1.807, 2.05) is 13.8 Å². The Morgan fingerprint density at radius 1 is 1.00 bits per heavy atom. The van der Waals surface area contributed by atoms with Crippen LogP contribution in [0.25, 0.3) is 10.8 Å². The maximum Gasteiger partial charge on any atom is 0.417 e. The molecule has 1 heterocycles. The van der Waals surface area contributed by atoms with E-state index in [-0.39, 0.29) is 5.39 Å². The lowest BCUT2D eigenvalue weighted by molar-refractivity contribution is -0.136. The first kappa shape index (κ1) is 13.5. The molecule has 0 amide bonds. The van der Waals surface area contributed by atoms with Crippen LogP contribution in [0.15, 0.2) is 30.5 Å². The third kappa shape index (κ3) is 2.75. The van der Waals surface area contributed by atoms with Crippen LogP contribution in [0.4, 0.5) is 13.2 Å². The maximum atomic E-state index is 12.6. The summed E-state index contributed by atoms with van der Waals surface area (Å²) in [7, 11) is 0. The van der Waals surface area contributed by atoms with Crippen LogP contribution in [0.2, 0.25) is 0 Å². The lowest BCUT2D eigenvalue weighted by atomic mass is 10.0. The second kappa shape index (κ2) is 5.17. The molecule has 17 heavy (non-hydrogen) atoms. The molecule has 0 aliphatic heterocycles. The van der Waals surface area contributed by atoms with Crippen molar-refractivity contribution in [3.05, 3.63) is 41.7 Å². The number of pyridine rings is 1. The van der Waals surface area contributed by atoms with Crippen LogP contribution in [0.3, 0.4) is 0 Å². The summed E-state index contributed by atoms with van der Waals surface area (Å²) in [5.41, 5.74) is 0.00380. The molecule has 0 saturated carbocycles. The highest BCUT2D eigenvalue weighted by Gasteiger charge is 2.32. The van der Waals surface area contributed by atoms with E-state index in [1.54, 1.807) is 13.0 Å². The fraction of sp³-hybridized carbons (Fsp3) is 0.308. The molecule has 2 aromatic rings. The quantitative estimate of drug-likeness (QED) is 0.657. The minimum absolute atomic E-state index is 0.206. The van der Waals surface area contributed by atoms with Gasteiger partial charge in [0.05, 0.1) is 5.56 Å². The first-order valence-electron chi connectivity index (χ1n) is 5.41. The predicted octanol–water partition coefficient (Wildman–Crippen LogP) is 4.59. The van der Waals surface area contributed by atoms with Crippen LogP contribution in [0.1, 0.15) is 25.1 Å². The van der Waals surface area contributed by atoms with Crippen LogP contribution in [0, 0.1) is 6.92 Å². The van der Waals surface area contributed by atoms with Crippen LogP contribution < -0.4 is 0 Å². The second-order valence-electron chi connectivity index (χ2n) is 3.29. The molecule has 0 unspecified atom stereocenters. The Morgan fingerprint density at radius 2 is 1.65 bits per heavy atom. The number of aromatic nitrogens is 1. The highest BCUT2D eigenvalue weighted by Crippen LogP contribution is 2.34. The minimum Gasteiger partial charge on any atom is -0.261 e. The van der Waals surface area contributed by atoms with E-state index in [4.69, 9.17) is 0 Å². The van der Waals surface area contributed by atoms with Gasteiger partial charge in [-0.25, -0.2) is 0 Å². The lowest BCUT2D eigenvalue weighted by Gasteiger charge is -2.10. The summed E-state index contributed by atoms with van der Waals surface area (Å²) in [5.74, 6) is 0. The van der Waals surface area contributed by atoms with Crippen molar-refractivity contribution in [2.45, 2.75) is 26.9 Å². The number of benzene rings is 1. The first-order valence-corrected chi connectivity index (χ1v) is 5.41. The van der Waals surface area contributed by atoms with Gasteiger partial charge in [-0.1, -0.05) is 26.0 Å². The molecule has 4 heteroatoms. The summed E-state index contributed by atoms with van der Waals surface area (Å²) in [5, 5.41) is 0.754. The van der Waals surface area contributed by atoms with Crippen molar-refractivity contribution < 1.29 is 13.2 Å². The molecule has 1 nitrogen and oxygen atoms in total. The van der Waals surface area contributed by atoms with E-state index in [9.17, 15) is 13.2 Å². The van der Waals surface area contributed by atoms with Crippen molar-refractivity contribution in [2.24, 2.45) is 0 Å². The van der Waals surface area contributed by atoms with E-state index < -0.39 is 11.7 Å². The Hall–Kier alpha value is -1.58. The average molecular weight is 241 g/mol. The van der Waals surface area contributed by atoms with Gasteiger partial charge >= 0.3 is 6.18 Å². The van der Waals surface area contributed by atoms with E-state index in [2.05, 4.69) is 4.98 Å². The molecule has 0 radical (unpaired) electrons. The number of fused-ring (bicyclic) bond motifs is 1. The molecule has 0 atom stereocenters. The highest BCUT2D eigenvalue weighted by atomic mass is 19.4. The molecule has 0 spiro atoms. The normalized spacial score (nSPS) is 10.9. The third-order valence-corrected chi connectivity index (χ3v) is 2.31. The summed E-state index contributed by atoms with van der Waals surface area (Å²) in [6, 6.07) is 5.53. The fourth-order valence-corrected chi connectivity index (χ4v) is 1.60. The van der Waals surface area contributed by atoms with Gasteiger partial charge in [-0.15, -0.1) is 0 Å². The summed E-state index contributed by atoms with van der Waals surface area (Å²) in [6.45, 7) is 5.70. The largest absolute Gasteiger partial charge is 0.417 e. The van der Waals surface area contributed by atoms with Gasteiger partial charge in [0, 0.05) is 17.3 Å². The summed E-state index contributed by atoms with van der Waals surface area (Å²) >= 11 is 0. The number of hydrogen-bond donors (Lipinski definition) is 0. The molecule has 0 N–H and O–H groups in total. The number of alkyl halides is 3. The minimum atomic E-state index is -4.31. The average Bonchev–Trinajstić information content (AvgIpc) is 2.30. The molecule has 92 valence electrons. The standard InChI is InChI=1S/C11H8F3N.C2H6/c1-7-8-3-2-4-10(11(12,13)14)9(8)5-6-15-7;1-2/h2-6H,1H3;1-2H3. The Labute approximate surface area is 98.3 Å². The molecule has 0 saturated heterocycles. The first-order chi connectivity index (χ1) is 8.00. The topological polar surface area (TPSA) is 12.9 Å². The summed E-state index contributed by atoms with van der Waals surface area (Å²) in [6.07, 6.45) is -2.92. The summed E-state index contributed by atoms with van der Waals surface area (Å²) < 4.78 is 37.9. The zero-order valence-electron chi connectivity index (χ0n) is 9.97. The van der Waals surface area contributed by atoms with E-state index in [0.29, 0.717) is 11.1 Å². The lowest BCUT2D eigenvalue weighted by Crippen LogP contribution is -2.05. The van der Waals surface area contributed by atoms with Gasteiger partial charge in [-0.05, 0) is 24.4 Å². The molecule has 1 aromatic heterocycles. The van der Waals surface area contributed by atoms with Gasteiger partial charge < -0.3 is 0 Å². The zero-order chi connectivity index (χ0) is 13.1. The monoisotopic (exact) mass is 241 g/mol. The number of hydrogen-bond acceptors (Lipinski definition) is 1. The zero-order valence-corrected chi connectivity index (χ0v) is 9.97. The molecule has 2 rings (SSSR count). The van der Waals surface area contributed by atoms with Crippen LogP contribution in [-0.4, -0.2) is 4.98 Å². The molecule has 0 fully saturated rings.